The van der Waals surface area contributed by atoms with Crippen molar-refractivity contribution in [3.05, 3.63) is 82.6 Å². The first kappa shape index (κ1) is 21.3. The fourth-order valence-corrected chi connectivity index (χ4v) is 3.62. The van der Waals surface area contributed by atoms with Gasteiger partial charge in [0.05, 0.1) is 26.9 Å². The Bertz CT molecular complexity index is 1180. The molecule has 3 aromatic rings. The summed E-state index contributed by atoms with van der Waals surface area (Å²) < 4.78 is 27.8. The van der Waals surface area contributed by atoms with Crippen LogP contribution in [0.3, 0.4) is 0 Å². The SMILES string of the molecule is COc1ccc(COc2cc(C)c3c(c2)O/C(=C\c2cccc(OC)c2OC)C3=O)cc1. The number of rotatable bonds is 7. The Balaban J connectivity index is 1.57. The van der Waals surface area contributed by atoms with E-state index in [-0.39, 0.29) is 11.5 Å². The van der Waals surface area contributed by atoms with Crippen LogP contribution in [0.4, 0.5) is 0 Å². The molecule has 0 N–H and O–H groups in total. The summed E-state index contributed by atoms with van der Waals surface area (Å²) in [4.78, 5) is 13.0. The molecule has 0 saturated heterocycles. The van der Waals surface area contributed by atoms with Gasteiger partial charge in [-0.25, -0.2) is 0 Å². The highest BCUT2D eigenvalue weighted by Gasteiger charge is 2.30. The first-order valence-electron chi connectivity index (χ1n) is 10.1. The number of ether oxygens (including phenoxy) is 5. The van der Waals surface area contributed by atoms with Crippen molar-refractivity contribution in [1.82, 2.24) is 0 Å². The Labute approximate surface area is 186 Å². The van der Waals surface area contributed by atoms with Crippen LogP contribution in [-0.4, -0.2) is 27.1 Å². The number of allylic oxidation sites excluding steroid dienone is 1. The number of aryl methyl sites for hydroxylation is 1. The van der Waals surface area contributed by atoms with Gasteiger partial charge in [-0.15, -0.1) is 0 Å². The quantitative estimate of drug-likeness (QED) is 0.477. The number of ketones is 1. The standard InChI is InChI=1S/C26H24O6/c1-16-12-20(31-15-17-8-10-19(28-2)11-9-17)14-22-24(16)25(27)23(32-22)13-18-6-5-7-21(29-3)26(18)30-4/h5-14H,15H2,1-4H3/b23-13-. The van der Waals surface area contributed by atoms with Crippen LogP contribution in [0.15, 0.2) is 60.4 Å². The highest BCUT2D eigenvalue weighted by atomic mass is 16.5. The van der Waals surface area contributed by atoms with Gasteiger partial charge in [0.15, 0.2) is 17.3 Å². The lowest BCUT2D eigenvalue weighted by Crippen LogP contribution is -2.01. The van der Waals surface area contributed by atoms with Gasteiger partial charge in [-0.05, 0) is 48.4 Å². The predicted molar refractivity (Wildman–Crippen MR) is 121 cm³/mol. The maximum atomic E-state index is 13.0. The average molecular weight is 432 g/mol. The van der Waals surface area contributed by atoms with Crippen LogP contribution in [0.1, 0.15) is 27.0 Å². The van der Waals surface area contributed by atoms with E-state index < -0.39 is 0 Å². The Morgan fingerprint density at radius 1 is 0.906 bits per heavy atom. The van der Waals surface area contributed by atoms with Crippen LogP contribution in [0.25, 0.3) is 6.08 Å². The van der Waals surface area contributed by atoms with Gasteiger partial charge in [0.25, 0.3) is 0 Å². The van der Waals surface area contributed by atoms with Gasteiger partial charge in [0.2, 0.25) is 5.78 Å². The normalized spacial score (nSPS) is 13.5. The molecule has 164 valence electrons. The number of fused-ring (bicyclic) bond motifs is 1. The molecule has 0 atom stereocenters. The van der Waals surface area contributed by atoms with Crippen LogP contribution in [0.5, 0.6) is 28.7 Å². The van der Waals surface area contributed by atoms with E-state index in [1.165, 1.54) is 0 Å². The molecule has 6 nitrogen and oxygen atoms in total. The third kappa shape index (κ3) is 4.12. The topological polar surface area (TPSA) is 63.2 Å². The van der Waals surface area contributed by atoms with Crippen LogP contribution in [0, 0.1) is 6.92 Å². The maximum Gasteiger partial charge on any atom is 0.232 e. The first-order valence-corrected chi connectivity index (χ1v) is 10.1. The van der Waals surface area contributed by atoms with Crippen molar-refractivity contribution in [2.75, 3.05) is 21.3 Å². The molecule has 3 aromatic carbocycles. The molecule has 1 aliphatic heterocycles. The second kappa shape index (κ2) is 9.06. The fourth-order valence-electron chi connectivity index (χ4n) is 3.62. The number of hydrogen-bond donors (Lipinski definition) is 0. The molecule has 6 heteroatoms. The highest BCUT2D eigenvalue weighted by Crippen LogP contribution is 2.39. The summed E-state index contributed by atoms with van der Waals surface area (Å²) in [6, 6.07) is 16.7. The van der Waals surface area contributed by atoms with E-state index in [1.54, 1.807) is 39.5 Å². The molecule has 0 aromatic heterocycles. The second-order valence-corrected chi connectivity index (χ2v) is 7.27. The molecule has 0 aliphatic carbocycles. The van der Waals surface area contributed by atoms with E-state index in [9.17, 15) is 4.79 Å². The van der Waals surface area contributed by atoms with Crippen molar-refractivity contribution < 1.29 is 28.5 Å². The minimum Gasteiger partial charge on any atom is -0.497 e. The fraction of sp³-hybridized carbons (Fsp3) is 0.192. The Morgan fingerprint density at radius 3 is 2.38 bits per heavy atom. The van der Waals surface area contributed by atoms with Gasteiger partial charge in [-0.1, -0.05) is 24.3 Å². The minimum atomic E-state index is -0.177. The molecule has 0 fully saturated rings. The number of carbonyl (C=O) groups excluding carboxylic acids is 1. The molecule has 0 unspecified atom stereocenters. The summed E-state index contributed by atoms with van der Waals surface area (Å²) in [7, 11) is 4.76. The molecular formula is C26H24O6. The summed E-state index contributed by atoms with van der Waals surface area (Å²) in [6.45, 7) is 2.26. The third-order valence-corrected chi connectivity index (χ3v) is 5.23. The van der Waals surface area contributed by atoms with Crippen molar-refractivity contribution in [2.45, 2.75) is 13.5 Å². The van der Waals surface area contributed by atoms with Crippen molar-refractivity contribution in [3.63, 3.8) is 0 Å². The molecule has 0 radical (unpaired) electrons. The predicted octanol–water partition coefficient (Wildman–Crippen LogP) is 5.22. The number of methoxy groups -OCH3 is 3. The molecular weight excluding hydrogens is 408 g/mol. The van der Waals surface area contributed by atoms with Crippen molar-refractivity contribution in [1.29, 1.82) is 0 Å². The molecule has 4 rings (SSSR count). The van der Waals surface area contributed by atoms with Crippen LogP contribution in [0.2, 0.25) is 0 Å². The third-order valence-electron chi connectivity index (χ3n) is 5.23. The number of Topliss-reactive ketones (excluding diaryl/α,β-unsaturated/α-hetero) is 1. The van der Waals surface area contributed by atoms with Gasteiger partial charge in [-0.2, -0.15) is 0 Å². The number of benzene rings is 3. The Kier molecular flexibility index (Phi) is 6.03. The van der Waals surface area contributed by atoms with Crippen LogP contribution < -0.4 is 23.7 Å². The smallest absolute Gasteiger partial charge is 0.232 e. The number of para-hydroxylation sites is 1. The van der Waals surface area contributed by atoms with Crippen LogP contribution in [-0.2, 0) is 6.61 Å². The Hall–Kier alpha value is -3.93. The van der Waals surface area contributed by atoms with Gasteiger partial charge in [-0.3, -0.25) is 4.79 Å². The van der Waals surface area contributed by atoms with E-state index in [0.717, 1.165) is 16.9 Å². The van der Waals surface area contributed by atoms with Crippen molar-refractivity contribution in [2.24, 2.45) is 0 Å². The van der Waals surface area contributed by atoms with E-state index in [4.69, 9.17) is 23.7 Å². The van der Waals surface area contributed by atoms with Gasteiger partial charge in [0.1, 0.15) is 23.9 Å². The zero-order valence-electron chi connectivity index (χ0n) is 18.4. The van der Waals surface area contributed by atoms with E-state index in [1.807, 2.05) is 49.4 Å². The summed E-state index contributed by atoms with van der Waals surface area (Å²) in [5.74, 6) is 3.07. The van der Waals surface area contributed by atoms with Gasteiger partial charge >= 0.3 is 0 Å². The summed E-state index contributed by atoms with van der Waals surface area (Å²) >= 11 is 0. The average Bonchev–Trinajstić information content (AvgIpc) is 3.13. The molecule has 0 bridgehead atoms. The van der Waals surface area contributed by atoms with E-state index >= 15 is 0 Å². The number of carbonyl (C=O) groups is 1. The molecule has 32 heavy (non-hydrogen) atoms. The van der Waals surface area contributed by atoms with E-state index in [2.05, 4.69) is 0 Å². The minimum absolute atomic E-state index is 0.177. The van der Waals surface area contributed by atoms with Crippen molar-refractivity contribution in [3.8, 4) is 28.7 Å². The molecule has 0 spiro atoms. The lowest BCUT2D eigenvalue weighted by Gasteiger charge is -2.10. The Morgan fingerprint density at radius 2 is 1.69 bits per heavy atom. The highest BCUT2D eigenvalue weighted by molar-refractivity contribution is 6.15. The zero-order valence-corrected chi connectivity index (χ0v) is 18.4. The summed E-state index contributed by atoms with van der Waals surface area (Å²) in [5.41, 5.74) is 3.02. The van der Waals surface area contributed by atoms with E-state index in [0.29, 0.717) is 40.7 Å². The molecule has 0 amide bonds. The molecule has 1 aliphatic rings. The number of hydrogen-bond acceptors (Lipinski definition) is 6. The summed E-state index contributed by atoms with van der Waals surface area (Å²) in [6.07, 6.45) is 1.67. The van der Waals surface area contributed by atoms with Crippen molar-refractivity contribution >= 4 is 11.9 Å². The summed E-state index contributed by atoms with van der Waals surface area (Å²) in [5, 5.41) is 0. The van der Waals surface area contributed by atoms with Gasteiger partial charge < -0.3 is 23.7 Å². The molecule has 0 saturated carbocycles. The monoisotopic (exact) mass is 432 g/mol. The lowest BCUT2D eigenvalue weighted by molar-refractivity contribution is 0.101. The second-order valence-electron chi connectivity index (χ2n) is 7.27. The van der Waals surface area contributed by atoms with Crippen LogP contribution >= 0.6 is 0 Å². The maximum absolute atomic E-state index is 13.0. The largest absolute Gasteiger partial charge is 0.497 e. The molecule has 1 heterocycles. The zero-order chi connectivity index (χ0) is 22.7. The lowest BCUT2D eigenvalue weighted by atomic mass is 10.0. The first-order chi connectivity index (χ1) is 15.5. The van der Waals surface area contributed by atoms with Gasteiger partial charge in [0, 0.05) is 11.6 Å².